The molecule has 0 aliphatic heterocycles. The van der Waals surface area contributed by atoms with E-state index in [1.165, 1.54) is 12.1 Å². The lowest BCUT2D eigenvalue weighted by Gasteiger charge is -2.22. The molecule has 3 rings (SSSR count). The van der Waals surface area contributed by atoms with Crippen molar-refractivity contribution in [3.63, 3.8) is 0 Å². The molecular weight excluding hydrogens is 472 g/mol. The molecule has 12 heteroatoms. The summed E-state index contributed by atoms with van der Waals surface area (Å²) in [5.41, 5.74) is 4.82. The number of urea groups is 1. The molecule has 8 nitrogen and oxygen atoms in total. The topological polar surface area (TPSA) is 118 Å². The first-order chi connectivity index (χ1) is 16.7. The molecule has 0 bridgehead atoms. The lowest BCUT2D eigenvalue weighted by atomic mass is 10.1. The summed E-state index contributed by atoms with van der Waals surface area (Å²) in [5.74, 6) is -3.86. The fraction of sp³-hybridized carbons (Fsp3) is 0.174. The van der Waals surface area contributed by atoms with Crippen molar-refractivity contribution >= 4 is 17.9 Å². The highest BCUT2D eigenvalue weighted by atomic mass is 19.1. The van der Waals surface area contributed by atoms with Crippen molar-refractivity contribution in [3.05, 3.63) is 82.9 Å². The van der Waals surface area contributed by atoms with E-state index in [9.17, 15) is 27.2 Å². The summed E-state index contributed by atoms with van der Waals surface area (Å²) < 4.78 is 61.4. The van der Waals surface area contributed by atoms with Gasteiger partial charge in [-0.1, -0.05) is 6.07 Å². The third-order valence-electron chi connectivity index (χ3n) is 4.81. The van der Waals surface area contributed by atoms with E-state index in [1.54, 1.807) is 0 Å². The Morgan fingerprint density at radius 2 is 1.74 bits per heavy atom. The highest BCUT2D eigenvalue weighted by molar-refractivity contribution is 5.90. The Morgan fingerprint density at radius 1 is 1.03 bits per heavy atom. The van der Waals surface area contributed by atoms with E-state index in [0.29, 0.717) is 6.07 Å². The normalized spacial score (nSPS) is 10.7. The minimum atomic E-state index is -1.10. The van der Waals surface area contributed by atoms with Crippen molar-refractivity contribution in [2.24, 2.45) is 5.73 Å². The Morgan fingerprint density at radius 3 is 2.37 bits per heavy atom. The van der Waals surface area contributed by atoms with Crippen LogP contribution in [0.5, 0.6) is 0 Å². The number of hydrogen-bond acceptors (Lipinski definition) is 5. The monoisotopic (exact) mass is 492 g/mol. The molecule has 2 aromatic carbocycles. The number of carbonyl (C=O) groups is 2. The third kappa shape index (κ3) is 6.23. The van der Waals surface area contributed by atoms with Crippen molar-refractivity contribution in [3.8, 4) is 11.3 Å². The first-order valence-corrected chi connectivity index (χ1v) is 10.2. The molecule has 0 unspecified atom stereocenters. The zero-order chi connectivity index (χ0) is 25.5. The number of carbonyl (C=O) groups excluding carboxylic acids is 2. The van der Waals surface area contributed by atoms with Gasteiger partial charge in [-0.25, -0.2) is 32.1 Å². The largest absolute Gasteiger partial charge is 0.445 e. The number of nitrogens with two attached hydrogens (primary N) is 1. The molecule has 0 saturated heterocycles. The van der Waals surface area contributed by atoms with Gasteiger partial charge in [0.2, 0.25) is 0 Å². The van der Waals surface area contributed by atoms with E-state index in [4.69, 9.17) is 15.6 Å². The van der Waals surface area contributed by atoms with Gasteiger partial charge >= 0.3 is 12.1 Å². The zero-order valence-electron chi connectivity index (χ0n) is 18.1. The van der Waals surface area contributed by atoms with E-state index in [-0.39, 0.29) is 35.8 Å². The van der Waals surface area contributed by atoms with Crippen LogP contribution in [0.3, 0.4) is 0 Å². The standard InChI is InChI=1S/C23H20F4N4O4/c24-14-5-6-15(19(27)10-14)21-13(12-35-23(34)29-8-9-32)4-7-20(30-21)31(22(28)33)11-16-17(25)2-1-3-18(16)26/h1-7,10,32H,8-9,11-12H2,(H2,28,33)(H,29,34). The van der Waals surface area contributed by atoms with Crippen LogP contribution in [0.15, 0.2) is 48.5 Å². The second-order valence-electron chi connectivity index (χ2n) is 7.15. The molecule has 0 spiro atoms. The number of aliphatic hydroxyl groups excluding tert-OH is 1. The maximum atomic E-state index is 14.6. The minimum absolute atomic E-state index is 0.0599. The number of nitrogens with one attached hydrogen (secondary N) is 1. The average molecular weight is 492 g/mol. The molecule has 0 aliphatic carbocycles. The molecule has 0 atom stereocenters. The first kappa shape index (κ1) is 25.4. The van der Waals surface area contributed by atoms with Crippen LogP contribution in [-0.4, -0.2) is 35.4 Å². The molecular formula is C23H20F4N4O4. The SMILES string of the molecule is NC(=O)N(Cc1c(F)cccc1F)c1ccc(COC(=O)NCCO)c(-c2ccc(F)cc2F)n1. The van der Waals surface area contributed by atoms with Crippen molar-refractivity contribution in [2.45, 2.75) is 13.2 Å². The molecule has 0 fully saturated rings. The van der Waals surface area contributed by atoms with E-state index < -0.39 is 54.1 Å². The van der Waals surface area contributed by atoms with Crippen LogP contribution in [0.2, 0.25) is 0 Å². The number of hydrogen-bond donors (Lipinski definition) is 3. The van der Waals surface area contributed by atoms with Crippen LogP contribution in [0, 0.1) is 23.3 Å². The Balaban J connectivity index is 2.03. The van der Waals surface area contributed by atoms with Gasteiger partial charge in [-0.15, -0.1) is 0 Å². The number of ether oxygens (including phenoxy) is 1. The average Bonchev–Trinajstić information content (AvgIpc) is 2.81. The fourth-order valence-corrected chi connectivity index (χ4v) is 3.12. The summed E-state index contributed by atoms with van der Waals surface area (Å²) in [6.45, 7) is -1.40. The molecule has 0 radical (unpaired) electrons. The predicted octanol–water partition coefficient (Wildman–Crippen LogP) is 3.61. The molecule has 0 aliphatic rings. The predicted molar refractivity (Wildman–Crippen MR) is 117 cm³/mol. The highest BCUT2D eigenvalue weighted by Crippen LogP contribution is 2.29. The third-order valence-corrected chi connectivity index (χ3v) is 4.81. The number of anilines is 1. The fourth-order valence-electron chi connectivity index (χ4n) is 3.12. The number of pyridine rings is 1. The molecule has 35 heavy (non-hydrogen) atoms. The van der Waals surface area contributed by atoms with Gasteiger partial charge in [0.1, 0.15) is 35.7 Å². The van der Waals surface area contributed by atoms with Crippen LogP contribution >= 0.6 is 0 Å². The number of nitrogens with zero attached hydrogens (tertiary/aromatic N) is 2. The minimum Gasteiger partial charge on any atom is -0.445 e. The van der Waals surface area contributed by atoms with Crippen LogP contribution in [0.25, 0.3) is 11.3 Å². The number of primary amides is 1. The second kappa shape index (κ2) is 11.3. The lowest BCUT2D eigenvalue weighted by molar-refractivity contribution is 0.137. The van der Waals surface area contributed by atoms with E-state index in [1.807, 2.05) is 0 Å². The summed E-state index contributed by atoms with van der Waals surface area (Å²) in [4.78, 5) is 28.9. The number of rotatable bonds is 8. The van der Waals surface area contributed by atoms with Gasteiger partial charge in [-0.2, -0.15) is 0 Å². The molecule has 1 heterocycles. The maximum absolute atomic E-state index is 14.6. The van der Waals surface area contributed by atoms with Crippen LogP contribution in [-0.2, 0) is 17.9 Å². The second-order valence-corrected chi connectivity index (χ2v) is 7.15. The van der Waals surface area contributed by atoms with Crippen molar-refractivity contribution in [1.82, 2.24) is 10.3 Å². The Labute approximate surface area is 196 Å². The number of aliphatic hydroxyl groups is 1. The van der Waals surface area contributed by atoms with Crippen molar-refractivity contribution < 1.29 is 37.0 Å². The first-order valence-electron chi connectivity index (χ1n) is 10.2. The van der Waals surface area contributed by atoms with Gasteiger partial charge < -0.3 is 20.9 Å². The van der Waals surface area contributed by atoms with Gasteiger partial charge in [0.05, 0.1) is 18.8 Å². The van der Waals surface area contributed by atoms with Crippen LogP contribution < -0.4 is 16.0 Å². The molecule has 1 aromatic heterocycles. The van der Waals surface area contributed by atoms with Crippen LogP contribution in [0.1, 0.15) is 11.1 Å². The van der Waals surface area contributed by atoms with Gasteiger partial charge in [0, 0.05) is 29.3 Å². The summed E-state index contributed by atoms with van der Waals surface area (Å²) in [7, 11) is 0. The van der Waals surface area contributed by atoms with Crippen molar-refractivity contribution in [1.29, 1.82) is 0 Å². The summed E-state index contributed by atoms with van der Waals surface area (Å²) in [5, 5.41) is 11.0. The Kier molecular flexibility index (Phi) is 8.21. The van der Waals surface area contributed by atoms with Gasteiger partial charge in [-0.3, -0.25) is 4.90 Å². The highest BCUT2D eigenvalue weighted by Gasteiger charge is 2.22. The zero-order valence-corrected chi connectivity index (χ0v) is 18.1. The summed E-state index contributed by atoms with van der Waals surface area (Å²) >= 11 is 0. The number of halogens is 4. The molecule has 3 aromatic rings. The van der Waals surface area contributed by atoms with E-state index in [2.05, 4.69) is 10.3 Å². The number of amides is 3. The van der Waals surface area contributed by atoms with E-state index in [0.717, 1.165) is 35.2 Å². The number of benzene rings is 2. The lowest BCUT2D eigenvalue weighted by Crippen LogP contribution is -2.36. The molecule has 4 N–H and O–H groups in total. The summed E-state index contributed by atoms with van der Waals surface area (Å²) in [6, 6.07) is 7.36. The van der Waals surface area contributed by atoms with Gasteiger partial charge in [0.25, 0.3) is 0 Å². The summed E-state index contributed by atoms with van der Waals surface area (Å²) in [6.07, 6.45) is -0.873. The van der Waals surface area contributed by atoms with Gasteiger partial charge in [-0.05, 0) is 36.4 Å². The quantitative estimate of drug-likeness (QED) is 0.416. The van der Waals surface area contributed by atoms with Gasteiger partial charge in [0.15, 0.2) is 0 Å². The number of aromatic nitrogens is 1. The Bertz CT molecular complexity index is 1220. The molecule has 3 amide bonds. The molecule has 184 valence electrons. The Hall–Kier alpha value is -4.19. The van der Waals surface area contributed by atoms with E-state index >= 15 is 0 Å². The smallest absolute Gasteiger partial charge is 0.407 e. The van der Waals surface area contributed by atoms with Crippen molar-refractivity contribution in [2.75, 3.05) is 18.1 Å². The van der Waals surface area contributed by atoms with Crippen LogP contribution in [0.4, 0.5) is 33.0 Å². The molecule has 0 saturated carbocycles. The number of alkyl carbamates (subject to hydrolysis) is 1. The maximum Gasteiger partial charge on any atom is 0.407 e.